The smallest absolute Gasteiger partial charge is 0.244 e. The molecule has 0 heterocycles. The summed E-state index contributed by atoms with van der Waals surface area (Å²) in [6.07, 6.45) is 3.99. The standard InChI is InChI=1S/C18H18FNO/c1-14-2-4-15(5-3-14)8-11-18(21)20-13-12-16-6-9-17(19)10-7-16/h2-11H,12-13H2,1H3,(H,20,21)/b11-8+. The minimum atomic E-state index is -0.246. The Labute approximate surface area is 124 Å². The number of carbonyl (C=O) groups is 1. The van der Waals surface area contributed by atoms with Gasteiger partial charge in [-0.2, -0.15) is 0 Å². The minimum absolute atomic E-state index is 0.127. The summed E-state index contributed by atoms with van der Waals surface area (Å²) in [6, 6.07) is 14.3. The van der Waals surface area contributed by atoms with E-state index in [2.05, 4.69) is 5.32 Å². The van der Waals surface area contributed by atoms with Crippen LogP contribution in [0.25, 0.3) is 6.08 Å². The van der Waals surface area contributed by atoms with Crippen molar-refractivity contribution in [2.45, 2.75) is 13.3 Å². The minimum Gasteiger partial charge on any atom is -0.352 e. The van der Waals surface area contributed by atoms with Gasteiger partial charge in [0.25, 0.3) is 0 Å². The lowest BCUT2D eigenvalue weighted by Gasteiger charge is -2.02. The van der Waals surface area contributed by atoms with E-state index in [4.69, 9.17) is 0 Å². The fourth-order valence-corrected chi connectivity index (χ4v) is 1.89. The maximum Gasteiger partial charge on any atom is 0.244 e. The highest BCUT2D eigenvalue weighted by Crippen LogP contribution is 2.05. The zero-order valence-electron chi connectivity index (χ0n) is 12.0. The molecule has 0 spiro atoms. The molecule has 0 aromatic heterocycles. The number of halogens is 1. The van der Waals surface area contributed by atoms with Crippen molar-refractivity contribution >= 4 is 12.0 Å². The predicted molar refractivity (Wildman–Crippen MR) is 83.3 cm³/mol. The van der Waals surface area contributed by atoms with Gasteiger partial charge < -0.3 is 5.32 Å². The van der Waals surface area contributed by atoms with Crippen LogP contribution in [0.4, 0.5) is 4.39 Å². The number of amides is 1. The molecule has 21 heavy (non-hydrogen) atoms. The molecule has 1 amide bonds. The summed E-state index contributed by atoms with van der Waals surface area (Å²) in [4.78, 5) is 11.7. The molecule has 0 aliphatic heterocycles. The predicted octanol–water partition coefficient (Wildman–Crippen LogP) is 3.51. The van der Waals surface area contributed by atoms with Gasteiger partial charge >= 0.3 is 0 Å². The van der Waals surface area contributed by atoms with Crippen molar-refractivity contribution in [3.8, 4) is 0 Å². The van der Waals surface area contributed by atoms with Crippen LogP contribution in [0.2, 0.25) is 0 Å². The zero-order valence-corrected chi connectivity index (χ0v) is 12.0. The zero-order chi connectivity index (χ0) is 15.1. The summed E-state index contributed by atoms with van der Waals surface area (Å²) >= 11 is 0. The van der Waals surface area contributed by atoms with Crippen LogP contribution in [0.1, 0.15) is 16.7 Å². The summed E-state index contributed by atoms with van der Waals surface area (Å²) in [5.41, 5.74) is 3.18. The molecule has 2 aromatic rings. The van der Waals surface area contributed by atoms with Crippen molar-refractivity contribution in [3.05, 3.63) is 77.1 Å². The number of benzene rings is 2. The Balaban J connectivity index is 1.77. The van der Waals surface area contributed by atoms with E-state index in [0.717, 1.165) is 11.1 Å². The highest BCUT2D eigenvalue weighted by molar-refractivity contribution is 5.91. The molecule has 0 fully saturated rings. The van der Waals surface area contributed by atoms with Gasteiger partial charge in [-0.15, -0.1) is 0 Å². The molecule has 0 saturated carbocycles. The number of aryl methyl sites for hydroxylation is 1. The second-order valence-corrected chi connectivity index (χ2v) is 4.91. The lowest BCUT2D eigenvalue weighted by atomic mass is 10.1. The molecule has 0 saturated heterocycles. The second-order valence-electron chi connectivity index (χ2n) is 4.91. The van der Waals surface area contributed by atoms with E-state index in [-0.39, 0.29) is 11.7 Å². The summed E-state index contributed by atoms with van der Waals surface area (Å²) in [7, 11) is 0. The number of hydrogen-bond acceptors (Lipinski definition) is 1. The van der Waals surface area contributed by atoms with Gasteiger partial charge in [-0.3, -0.25) is 4.79 Å². The van der Waals surface area contributed by atoms with Crippen LogP contribution in [-0.2, 0) is 11.2 Å². The second kappa shape index (κ2) is 7.39. The molecule has 1 N–H and O–H groups in total. The normalized spacial score (nSPS) is 10.8. The van der Waals surface area contributed by atoms with Crippen LogP contribution in [-0.4, -0.2) is 12.5 Å². The van der Waals surface area contributed by atoms with Crippen LogP contribution in [0.5, 0.6) is 0 Å². The van der Waals surface area contributed by atoms with Crippen LogP contribution >= 0.6 is 0 Å². The fraction of sp³-hybridized carbons (Fsp3) is 0.167. The third-order valence-electron chi connectivity index (χ3n) is 3.13. The lowest BCUT2D eigenvalue weighted by molar-refractivity contribution is -0.116. The Morgan fingerprint density at radius 3 is 2.43 bits per heavy atom. The molecule has 0 unspecified atom stereocenters. The Hall–Kier alpha value is -2.42. The Morgan fingerprint density at radius 2 is 1.76 bits per heavy atom. The van der Waals surface area contributed by atoms with E-state index in [1.165, 1.54) is 23.8 Å². The quantitative estimate of drug-likeness (QED) is 0.836. The highest BCUT2D eigenvalue weighted by Gasteiger charge is 1.97. The van der Waals surface area contributed by atoms with Gasteiger partial charge in [-0.1, -0.05) is 42.0 Å². The molecule has 3 heteroatoms. The number of hydrogen-bond donors (Lipinski definition) is 1. The van der Waals surface area contributed by atoms with E-state index in [0.29, 0.717) is 13.0 Å². The third kappa shape index (κ3) is 5.22. The van der Waals surface area contributed by atoms with Crippen molar-refractivity contribution in [2.24, 2.45) is 0 Å². The number of nitrogens with one attached hydrogen (secondary N) is 1. The molecule has 108 valence electrons. The molecule has 0 bridgehead atoms. The molecule has 2 aromatic carbocycles. The molecule has 0 aliphatic rings. The average molecular weight is 283 g/mol. The van der Waals surface area contributed by atoms with Crippen molar-refractivity contribution in [1.29, 1.82) is 0 Å². The third-order valence-corrected chi connectivity index (χ3v) is 3.13. The topological polar surface area (TPSA) is 29.1 Å². The van der Waals surface area contributed by atoms with Crippen LogP contribution in [0.3, 0.4) is 0 Å². The van der Waals surface area contributed by atoms with Crippen LogP contribution in [0, 0.1) is 12.7 Å². The first-order chi connectivity index (χ1) is 10.1. The first-order valence-electron chi connectivity index (χ1n) is 6.90. The van der Waals surface area contributed by atoms with E-state index < -0.39 is 0 Å². The van der Waals surface area contributed by atoms with E-state index in [1.54, 1.807) is 18.2 Å². The first-order valence-corrected chi connectivity index (χ1v) is 6.90. The van der Waals surface area contributed by atoms with Gasteiger partial charge in [0.1, 0.15) is 5.82 Å². The summed E-state index contributed by atoms with van der Waals surface area (Å²) in [5, 5.41) is 2.81. The average Bonchev–Trinajstić information content (AvgIpc) is 2.49. The molecule has 2 rings (SSSR count). The van der Waals surface area contributed by atoms with Crippen molar-refractivity contribution in [2.75, 3.05) is 6.54 Å². The van der Waals surface area contributed by atoms with Gasteiger partial charge in [0, 0.05) is 12.6 Å². The summed E-state index contributed by atoms with van der Waals surface area (Å²) in [5.74, 6) is -0.374. The van der Waals surface area contributed by atoms with Crippen LogP contribution < -0.4 is 5.32 Å². The van der Waals surface area contributed by atoms with Crippen molar-refractivity contribution < 1.29 is 9.18 Å². The van der Waals surface area contributed by atoms with E-state index in [1.807, 2.05) is 31.2 Å². The molecule has 0 radical (unpaired) electrons. The van der Waals surface area contributed by atoms with Gasteiger partial charge in [-0.25, -0.2) is 4.39 Å². The maximum atomic E-state index is 12.7. The lowest BCUT2D eigenvalue weighted by Crippen LogP contribution is -2.23. The molecular weight excluding hydrogens is 265 g/mol. The Kier molecular flexibility index (Phi) is 5.27. The SMILES string of the molecule is Cc1ccc(/C=C/C(=O)NCCc2ccc(F)cc2)cc1. The van der Waals surface area contributed by atoms with Crippen molar-refractivity contribution in [3.63, 3.8) is 0 Å². The summed E-state index contributed by atoms with van der Waals surface area (Å²) in [6.45, 7) is 2.55. The van der Waals surface area contributed by atoms with E-state index >= 15 is 0 Å². The van der Waals surface area contributed by atoms with Crippen LogP contribution in [0.15, 0.2) is 54.6 Å². The largest absolute Gasteiger partial charge is 0.352 e. The maximum absolute atomic E-state index is 12.7. The molecule has 0 aliphatic carbocycles. The highest BCUT2D eigenvalue weighted by atomic mass is 19.1. The first kappa shape index (κ1) is 15.0. The van der Waals surface area contributed by atoms with Gasteiger partial charge in [0.05, 0.1) is 0 Å². The van der Waals surface area contributed by atoms with E-state index in [9.17, 15) is 9.18 Å². The molecular formula is C18H18FNO. The number of carbonyl (C=O) groups excluding carboxylic acids is 1. The van der Waals surface area contributed by atoms with Crippen molar-refractivity contribution in [1.82, 2.24) is 5.32 Å². The molecule has 2 nitrogen and oxygen atoms in total. The monoisotopic (exact) mass is 283 g/mol. The molecule has 0 atom stereocenters. The van der Waals surface area contributed by atoms with Gasteiger partial charge in [0.2, 0.25) is 5.91 Å². The summed E-state index contributed by atoms with van der Waals surface area (Å²) < 4.78 is 12.7. The van der Waals surface area contributed by atoms with Gasteiger partial charge in [0.15, 0.2) is 0 Å². The fourth-order valence-electron chi connectivity index (χ4n) is 1.89. The number of rotatable bonds is 5. The Bertz CT molecular complexity index is 615. The Morgan fingerprint density at radius 1 is 1.10 bits per heavy atom. The van der Waals surface area contributed by atoms with Gasteiger partial charge in [-0.05, 0) is 42.7 Å².